The van der Waals surface area contributed by atoms with Crippen LogP contribution in [-0.4, -0.2) is 50.9 Å². The van der Waals surface area contributed by atoms with Gasteiger partial charge in [-0.05, 0) is 67.2 Å². The summed E-state index contributed by atoms with van der Waals surface area (Å²) in [5.41, 5.74) is 0.215. The monoisotopic (exact) mass is 523 g/mol. The zero-order valence-corrected chi connectivity index (χ0v) is 21.9. The van der Waals surface area contributed by atoms with E-state index in [0.29, 0.717) is 37.4 Å². The number of ether oxygens (including phenoxy) is 1. The highest BCUT2D eigenvalue weighted by molar-refractivity contribution is 7.89. The van der Waals surface area contributed by atoms with Crippen LogP contribution in [-0.2, 0) is 15.4 Å². The number of nitrogens with one attached hydrogen (secondary N) is 2. The molecule has 0 radical (unpaired) electrons. The van der Waals surface area contributed by atoms with Crippen LogP contribution in [0.2, 0.25) is 0 Å². The molecule has 1 atom stereocenters. The molecule has 8 nitrogen and oxygen atoms in total. The summed E-state index contributed by atoms with van der Waals surface area (Å²) in [5, 5.41) is 4.93. The van der Waals surface area contributed by atoms with E-state index < -0.39 is 26.7 Å². The Balaban J connectivity index is 1.82. The summed E-state index contributed by atoms with van der Waals surface area (Å²) < 4.78 is 35.2. The number of benzene rings is 3. The van der Waals surface area contributed by atoms with Gasteiger partial charge in [0.15, 0.2) is 5.37 Å². The average Bonchev–Trinajstić information content (AvgIpc) is 2.95. The first-order valence-electron chi connectivity index (χ1n) is 12.4. The fraction of sp³-hybridized carbons (Fsp3) is 0.321. The molecular weight excluding hydrogens is 490 g/mol. The molecule has 9 heteroatoms. The van der Waals surface area contributed by atoms with Crippen molar-refractivity contribution in [3.63, 3.8) is 0 Å². The number of para-hydroxylation sites is 2. The molecule has 0 aromatic heterocycles. The summed E-state index contributed by atoms with van der Waals surface area (Å²) in [6.07, 6.45) is 1.02. The third kappa shape index (κ3) is 5.64. The van der Waals surface area contributed by atoms with Gasteiger partial charge in [0.2, 0.25) is 0 Å². The van der Waals surface area contributed by atoms with Crippen molar-refractivity contribution in [1.82, 2.24) is 15.1 Å². The molecule has 1 heterocycles. The minimum atomic E-state index is -4.23. The maximum atomic E-state index is 14.4. The summed E-state index contributed by atoms with van der Waals surface area (Å²) in [5.74, 6) is 0.223. The van der Waals surface area contributed by atoms with E-state index in [1.54, 1.807) is 55.5 Å². The predicted molar refractivity (Wildman–Crippen MR) is 143 cm³/mol. The lowest BCUT2D eigenvalue weighted by atomic mass is 9.72. The lowest BCUT2D eigenvalue weighted by Crippen LogP contribution is -2.61. The number of sulfonamides is 1. The van der Waals surface area contributed by atoms with Crippen LogP contribution in [0.3, 0.4) is 0 Å². The molecule has 1 aliphatic heterocycles. The molecule has 1 saturated heterocycles. The highest BCUT2D eigenvalue weighted by atomic mass is 32.2. The summed E-state index contributed by atoms with van der Waals surface area (Å²) in [6, 6.07) is 25.1. The minimum Gasteiger partial charge on any atom is -0.496 e. The van der Waals surface area contributed by atoms with Gasteiger partial charge in [0, 0.05) is 12.0 Å². The van der Waals surface area contributed by atoms with Gasteiger partial charge in [0.1, 0.15) is 11.5 Å². The van der Waals surface area contributed by atoms with Crippen LogP contribution in [0.5, 0.6) is 11.5 Å². The second-order valence-corrected chi connectivity index (χ2v) is 10.8. The molecule has 0 saturated carbocycles. The van der Waals surface area contributed by atoms with E-state index in [1.807, 2.05) is 36.4 Å². The normalized spacial score (nSPS) is 16.1. The van der Waals surface area contributed by atoms with Gasteiger partial charge in [-0.2, -0.15) is 0 Å². The fourth-order valence-electron chi connectivity index (χ4n) is 4.88. The molecule has 1 aliphatic rings. The van der Waals surface area contributed by atoms with E-state index in [0.717, 1.165) is 10.0 Å². The number of hydrogen-bond donors (Lipinski definition) is 2. The molecule has 0 aliphatic carbocycles. The molecule has 2 N–H and O–H groups in total. The molecule has 1 unspecified atom stereocenters. The van der Waals surface area contributed by atoms with Gasteiger partial charge in [-0.3, -0.25) is 4.79 Å². The number of amides is 1. The molecular formula is C28H33N3O5S. The number of rotatable bonds is 10. The smallest absolute Gasteiger partial charge is 0.266 e. The third-order valence-corrected chi connectivity index (χ3v) is 8.82. The first-order chi connectivity index (χ1) is 17.9. The van der Waals surface area contributed by atoms with E-state index >= 15 is 0 Å². The summed E-state index contributed by atoms with van der Waals surface area (Å²) in [4.78, 5) is 19.5. The Morgan fingerprint density at radius 3 is 2.19 bits per heavy atom. The molecule has 3 aromatic rings. The highest BCUT2D eigenvalue weighted by Crippen LogP contribution is 2.40. The maximum Gasteiger partial charge on any atom is 0.266 e. The second kappa shape index (κ2) is 11.8. The van der Waals surface area contributed by atoms with E-state index in [4.69, 9.17) is 9.57 Å². The Labute approximate surface area is 218 Å². The van der Waals surface area contributed by atoms with Crippen LogP contribution in [0.1, 0.15) is 35.7 Å². The van der Waals surface area contributed by atoms with Gasteiger partial charge in [-0.1, -0.05) is 60.7 Å². The SMILES string of the molecule is CCN(Oc1ccccc1)S(=O)(=O)C(NC(=O)c1ccccc1OC)C1(c2ccccc2)CCNCC1. The van der Waals surface area contributed by atoms with Crippen LogP contribution < -0.4 is 20.2 Å². The quantitative estimate of drug-likeness (QED) is 0.393. The van der Waals surface area contributed by atoms with Crippen molar-refractivity contribution in [3.05, 3.63) is 96.1 Å². The van der Waals surface area contributed by atoms with Crippen molar-refractivity contribution in [2.24, 2.45) is 0 Å². The highest BCUT2D eigenvalue weighted by Gasteiger charge is 2.51. The van der Waals surface area contributed by atoms with Gasteiger partial charge in [0.05, 0.1) is 12.7 Å². The van der Waals surface area contributed by atoms with Crippen LogP contribution >= 0.6 is 0 Å². The summed E-state index contributed by atoms with van der Waals surface area (Å²) in [6.45, 7) is 2.98. The lowest BCUT2D eigenvalue weighted by molar-refractivity contribution is 0.0370. The molecule has 3 aromatic carbocycles. The van der Waals surface area contributed by atoms with Crippen LogP contribution in [0.4, 0.5) is 0 Å². The second-order valence-electron chi connectivity index (χ2n) is 8.89. The van der Waals surface area contributed by atoms with E-state index in [2.05, 4.69) is 10.6 Å². The van der Waals surface area contributed by atoms with Gasteiger partial charge >= 0.3 is 0 Å². The number of piperidine rings is 1. The number of hydroxylamine groups is 1. The van der Waals surface area contributed by atoms with Crippen LogP contribution in [0.25, 0.3) is 0 Å². The molecule has 196 valence electrons. The molecule has 1 fully saturated rings. The maximum absolute atomic E-state index is 14.4. The molecule has 37 heavy (non-hydrogen) atoms. The average molecular weight is 524 g/mol. The Kier molecular flexibility index (Phi) is 8.48. The minimum absolute atomic E-state index is 0.0569. The van der Waals surface area contributed by atoms with Crippen molar-refractivity contribution in [1.29, 1.82) is 0 Å². The molecule has 1 amide bonds. The zero-order chi connectivity index (χ0) is 26.3. The van der Waals surface area contributed by atoms with Gasteiger partial charge in [-0.25, -0.2) is 8.42 Å². The van der Waals surface area contributed by atoms with Gasteiger partial charge in [0.25, 0.3) is 15.9 Å². The Hall–Kier alpha value is -3.40. The zero-order valence-electron chi connectivity index (χ0n) is 21.1. The molecule has 4 rings (SSSR count). The molecule has 0 bridgehead atoms. The summed E-state index contributed by atoms with van der Waals surface area (Å²) in [7, 11) is -2.75. The Morgan fingerprint density at radius 1 is 0.973 bits per heavy atom. The Morgan fingerprint density at radius 2 is 1.57 bits per heavy atom. The standard InChI is InChI=1S/C28H33N3O5S/c1-3-31(36-23-14-8-5-9-15-23)37(33,34)27(30-26(32)24-16-10-11-17-25(24)35-2)28(18-20-29-21-19-28)22-12-6-4-7-13-22/h4-17,27,29H,3,18-21H2,1-2H3,(H,30,32). The molecule has 0 spiro atoms. The van der Waals surface area contributed by atoms with Gasteiger partial charge < -0.3 is 20.2 Å². The third-order valence-electron chi connectivity index (χ3n) is 6.75. The largest absolute Gasteiger partial charge is 0.496 e. The van der Waals surface area contributed by atoms with E-state index in [-0.39, 0.29) is 12.1 Å². The van der Waals surface area contributed by atoms with Crippen molar-refractivity contribution in [2.45, 2.75) is 30.6 Å². The van der Waals surface area contributed by atoms with Crippen LogP contribution in [0, 0.1) is 0 Å². The lowest BCUT2D eigenvalue weighted by Gasteiger charge is -2.44. The number of hydrogen-bond acceptors (Lipinski definition) is 6. The number of carbonyl (C=O) groups is 1. The van der Waals surface area contributed by atoms with Crippen LogP contribution in [0.15, 0.2) is 84.9 Å². The number of nitrogens with zero attached hydrogens (tertiary/aromatic N) is 1. The van der Waals surface area contributed by atoms with Crippen molar-refractivity contribution in [2.75, 3.05) is 26.7 Å². The fourth-order valence-corrected chi connectivity index (χ4v) is 6.87. The van der Waals surface area contributed by atoms with Crippen molar-refractivity contribution < 1.29 is 22.8 Å². The topological polar surface area (TPSA) is 97.0 Å². The first-order valence-corrected chi connectivity index (χ1v) is 13.9. The first kappa shape index (κ1) is 26.7. The number of carbonyl (C=O) groups excluding carboxylic acids is 1. The predicted octanol–water partition coefficient (Wildman–Crippen LogP) is 3.72. The van der Waals surface area contributed by atoms with Crippen molar-refractivity contribution in [3.8, 4) is 11.5 Å². The number of methoxy groups -OCH3 is 1. The van der Waals surface area contributed by atoms with E-state index in [1.165, 1.54) is 7.11 Å². The van der Waals surface area contributed by atoms with E-state index in [9.17, 15) is 13.2 Å². The van der Waals surface area contributed by atoms with Crippen molar-refractivity contribution >= 4 is 15.9 Å². The Bertz CT molecular complexity index is 1280. The summed E-state index contributed by atoms with van der Waals surface area (Å²) >= 11 is 0. The van der Waals surface area contributed by atoms with Gasteiger partial charge in [-0.15, -0.1) is 0 Å².